The highest BCUT2D eigenvalue weighted by Crippen LogP contribution is 2.25. The highest BCUT2D eigenvalue weighted by Gasteiger charge is 2.24. The van der Waals surface area contributed by atoms with Gasteiger partial charge in [0.1, 0.15) is 18.5 Å². The zero-order chi connectivity index (χ0) is 27.9. The topological polar surface area (TPSA) is 58.8 Å². The minimum Gasteiger partial charge on any atom is -0.353 e. The van der Waals surface area contributed by atoms with Crippen LogP contribution in [0, 0.1) is 0 Å². The van der Waals surface area contributed by atoms with Crippen LogP contribution in [0.1, 0.15) is 33.1 Å². The summed E-state index contributed by atoms with van der Waals surface area (Å²) in [5.41, 5.74) is 3.02. The lowest BCUT2D eigenvalue weighted by Crippen LogP contribution is -2.40. The molecule has 1 aliphatic heterocycles. The molecule has 0 aromatic heterocycles. The molecule has 0 spiro atoms. The number of hydrogen-bond donors (Lipinski definition) is 1. The first-order valence-electron chi connectivity index (χ1n) is 13.1. The second kappa shape index (κ2) is 17.4. The van der Waals surface area contributed by atoms with Crippen molar-refractivity contribution in [3.05, 3.63) is 59.6 Å². The third-order valence-corrected chi connectivity index (χ3v) is 7.35. The summed E-state index contributed by atoms with van der Waals surface area (Å²) in [6.45, 7) is 14.8. The number of aliphatic imine (C=N–C) groups is 2. The van der Waals surface area contributed by atoms with E-state index >= 15 is 0 Å². The molecule has 1 atom stereocenters. The van der Waals surface area contributed by atoms with Gasteiger partial charge in [0.15, 0.2) is 5.84 Å². The van der Waals surface area contributed by atoms with Crippen LogP contribution in [0.3, 0.4) is 0 Å². The number of rotatable bonds is 16. The van der Waals surface area contributed by atoms with Gasteiger partial charge in [0.25, 0.3) is 0 Å². The summed E-state index contributed by atoms with van der Waals surface area (Å²) in [6.07, 6.45) is 12.3. The largest absolute Gasteiger partial charge is 0.353 e. The maximum Gasteiger partial charge on any atom is 0.168 e. The van der Waals surface area contributed by atoms with Gasteiger partial charge in [-0.05, 0) is 51.9 Å². The van der Waals surface area contributed by atoms with Crippen LogP contribution in [-0.4, -0.2) is 97.8 Å². The molecule has 0 bridgehead atoms. The average molecular weight is 564 g/mol. The molecule has 0 saturated carbocycles. The molecule has 1 N–H and O–H groups in total. The lowest BCUT2D eigenvalue weighted by atomic mass is 10.1. The van der Waals surface area contributed by atoms with E-state index in [4.69, 9.17) is 16.6 Å². The first-order valence-corrected chi connectivity index (χ1v) is 14.5. The molecule has 0 saturated heterocycles. The maximum atomic E-state index is 13.6. The van der Waals surface area contributed by atoms with Crippen molar-refractivity contribution < 1.29 is 4.39 Å². The summed E-state index contributed by atoms with van der Waals surface area (Å²) < 4.78 is 18.2. The predicted molar refractivity (Wildman–Crippen MR) is 165 cm³/mol. The van der Waals surface area contributed by atoms with Crippen LogP contribution in [0.5, 0.6) is 0 Å². The number of halogens is 2. The Bertz CT molecular complexity index is 986. The van der Waals surface area contributed by atoms with Crippen molar-refractivity contribution in [1.29, 1.82) is 0 Å². The Morgan fingerprint density at radius 1 is 1.39 bits per heavy atom. The van der Waals surface area contributed by atoms with Crippen molar-refractivity contribution in [2.45, 2.75) is 38.5 Å². The van der Waals surface area contributed by atoms with Gasteiger partial charge in [-0.25, -0.2) is 9.38 Å². The van der Waals surface area contributed by atoms with Crippen molar-refractivity contribution in [3.63, 3.8) is 0 Å². The van der Waals surface area contributed by atoms with Crippen LogP contribution in [0.25, 0.3) is 0 Å². The van der Waals surface area contributed by atoms with Crippen molar-refractivity contribution in [2.75, 3.05) is 59.4 Å². The molecule has 10 heteroatoms. The van der Waals surface area contributed by atoms with Crippen LogP contribution in [-0.2, 0) is 0 Å². The van der Waals surface area contributed by atoms with Crippen LogP contribution in [0.15, 0.2) is 74.0 Å². The lowest BCUT2D eigenvalue weighted by Gasteiger charge is -2.35. The van der Waals surface area contributed by atoms with Crippen LogP contribution < -0.4 is 5.32 Å². The third-order valence-electron chi connectivity index (χ3n) is 6.34. The first kappa shape index (κ1) is 32.0. The van der Waals surface area contributed by atoms with Crippen LogP contribution >= 0.6 is 23.5 Å². The minimum atomic E-state index is -0.486. The van der Waals surface area contributed by atoms with Gasteiger partial charge in [-0.15, -0.1) is 18.2 Å². The predicted octanol–water partition coefficient (Wildman–Crippen LogP) is 5.42. The number of allylic oxidation sites excluding steroid dienone is 4. The molecule has 38 heavy (non-hydrogen) atoms. The Labute approximate surface area is 237 Å². The summed E-state index contributed by atoms with van der Waals surface area (Å²) >= 11 is 7.70. The highest BCUT2D eigenvalue weighted by molar-refractivity contribution is 7.98. The van der Waals surface area contributed by atoms with Crippen LogP contribution in [0.4, 0.5) is 4.39 Å². The van der Waals surface area contributed by atoms with E-state index in [1.54, 1.807) is 4.90 Å². The molecule has 0 fully saturated rings. The quantitative estimate of drug-likeness (QED) is 0.0893. The molecular weight excluding hydrogens is 521 g/mol. The van der Waals surface area contributed by atoms with Gasteiger partial charge in [-0.1, -0.05) is 42.9 Å². The Balaban J connectivity index is 2.33. The first-order chi connectivity index (χ1) is 18.4. The van der Waals surface area contributed by atoms with Gasteiger partial charge in [-0.2, -0.15) is 4.40 Å². The summed E-state index contributed by atoms with van der Waals surface area (Å²) in [4.78, 5) is 15.5. The smallest absolute Gasteiger partial charge is 0.168 e. The van der Waals surface area contributed by atoms with E-state index in [2.05, 4.69) is 63.8 Å². The van der Waals surface area contributed by atoms with Crippen LogP contribution in [0.2, 0.25) is 0 Å². The molecule has 2 aliphatic rings. The lowest BCUT2D eigenvalue weighted by molar-refractivity contribution is 0.200. The second-order valence-electron chi connectivity index (χ2n) is 9.00. The number of hydrogen-bond acceptors (Lipinski definition) is 8. The Morgan fingerprint density at radius 3 is 2.76 bits per heavy atom. The molecule has 0 amide bonds. The Morgan fingerprint density at radius 2 is 2.18 bits per heavy atom. The second-order valence-corrected chi connectivity index (χ2v) is 10.3. The minimum absolute atomic E-state index is 0.0134. The van der Waals surface area contributed by atoms with Gasteiger partial charge in [0, 0.05) is 45.3 Å². The number of nitrogens with zero attached hydrogens (tertiary/aromatic N) is 6. The van der Waals surface area contributed by atoms with Gasteiger partial charge in [-0.3, -0.25) is 9.89 Å². The van der Waals surface area contributed by atoms with Crippen molar-refractivity contribution >= 4 is 41.9 Å². The van der Waals surface area contributed by atoms with E-state index < -0.39 is 6.80 Å². The SMILES string of the molecule is C=CC/C(=C\CN(CC)/C(=C(/CC)N=C)N(C)C1=NC(C2=CCC(Cl)C=C2)=NSC1)CN(CF)CCNC. The summed E-state index contributed by atoms with van der Waals surface area (Å²) in [5, 5.41) is 3.10. The van der Waals surface area contributed by atoms with Gasteiger partial charge >= 0.3 is 0 Å². The van der Waals surface area contributed by atoms with E-state index in [-0.39, 0.29) is 5.38 Å². The zero-order valence-electron chi connectivity index (χ0n) is 23.3. The van der Waals surface area contributed by atoms with Gasteiger partial charge in [0.05, 0.1) is 16.8 Å². The Hall–Kier alpha value is -2.20. The summed E-state index contributed by atoms with van der Waals surface area (Å²) in [7, 11) is 3.90. The molecule has 7 nitrogen and oxygen atoms in total. The zero-order valence-corrected chi connectivity index (χ0v) is 24.9. The normalized spacial score (nSPS) is 18.4. The molecule has 1 aliphatic carbocycles. The number of amidine groups is 2. The fourth-order valence-corrected chi connectivity index (χ4v) is 5.04. The molecule has 0 aromatic carbocycles. The van der Waals surface area contributed by atoms with E-state index in [0.717, 1.165) is 54.4 Å². The standard InChI is InChI=1S/C28H43ClFN7S/c1-7-10-22(19-36(21-30)18-16-31-4)15-17-37(9-3)28(25(8-2)32-5)35(6)26-20-38-34-27(33-26)23-11-13-24(29)14-12-23/h7,11-13,15,24,31H,1,5,8-10,14,16-21H2,2-4,6H3/b22-15+,28-25-. The molecule has 210 valence electrons. The molecule has 1 unspecified atom stereocenters. The van der Waals surface area contributed by atoms with Crippen molar-refractivity contribution in [2.24, 2.45) is 14.4 Å². The van der Waals surface area contributed by atoms with Crippen molar-refractivity contribution in [1.82, 2.24) is 20.0 Å². The molecule has 2 rings (SSSR count). The van der Waals surface area contributed by atoms with E-state index in [1.165, 1.54) is 11.9 Å². The van der Waals surface area contributed by atoms with E-state index in [9.17, 15) is 4.39 Å². The number of nitrogens with one attached hydrogen (secondary N) is 1. The molecule has 0 radical (unpaired) electrons. The maximum absolute atomic E-state index is 13.6. The van der Waals surface area contributed by atoms with Gasteiger partial charge < -0.3 is 15.1 Å². The average Bonchev–Trinajstić information content (AvgIpc) is 2.95. The highest BCUT2D eigenvalue weighted by atomic mass is 35.5. The fourth-order valence-electron chi connectivity index (χ4n) is 4.17. The van der Waals surface area contributed by atoms with Crippen molar-refractivity contribution in [3.8, 4) is 0 Å². The fraction of sp³-hybridized carbons (Fsp3) is 0.536. The van der Waals surface area contributed by atoms with Gasteiger partial charge in [0.2, 0.25) is 0 Å². The molecule has 1 heterocycles. The van der Waals surface area contributed by atoms with E-state index in [0.29, 0.717) is 37.6 Å². The third kappa shape index (κ3) is 9.52. The number of alkyl halides is 2. The molecular formula is C28H43ClFN7S. The summed E-state index contributed by atoms with van der Waals surface area (Å²) in [5.74, 6) is 3.22. The summed E-state index contributed by atoms with van der Waals surface area (Å²) in [6, 6.07) is 0. The monoisotopic (exact) mass is 563 g/mol. The molecule has 0 aromatic rings. The van der Waals surface area contributed by atoms with E-state index in [1.807, 2.05) is 32.3 Å². The Kier molecular flexibility index (Phi) is 14.7. The number of likely N-dealkylation sites (N-methyl/N-ethyl adjacent to an activating group) is 2.